The number of fused-ring (bicyclic) bond motifs is 1. The molecule has 1 aliphatic rings. The van der Waals surface area contributed by atoms with Crippen molar-refractivity contribution in [2.24, 2.45) is 0 Å². The summed E-state index contributed by atoms with van der Waals surface area (Å²) in [5.41, 5.74) is 2.88. The van der Waals surface area contributed by atoms with E-state index in [1.165, 1.54) is 12.5 Å². The molecule has 232 valence electrons. The largest absolute Gasteiger partial charge is 0.451 e. The fourth-order valence-corrected chi connectivity index (χ4v) is 5.72. The first-order chi connectivity index (χ1) is 22.1. The van der Waals surface area contributed by atoms with Gasteiger partial charge in [0, 0.05) is 56.0 Å². The number of ether oxygens (including phenoxy) is 1. The second kappa shape index (κ2) is 12.8. The predicted octanol–water partition coefficient (Wildman–Crippen LogP) is 5.11. The molecule has 0 spiro atoms. The van der Waals surface area contributed by atoms with Crippen LogP contribution in [0.15, 0.2) is 100 Å². The third kappa shape index (κ3) is 7.07. The predicted molar refractivity (Wildman–Crippen MR) is 170 cm³/mol. The molecule has 0 radical (unpaired) electrons. The van der Waals surface area contributed by atoms with Gasteiger partial charge in [-0.25, -0.2) is 13.4 Å². The van der Waals surface area contributed by atoms with E-state index >= 15 is 0 Å². The molecule has 2 aromatic heterocycles. The molecule has 1 saturated heterocycles. The molecule has 0 bridgehead atoms. The van der Waals surface area contributed by atoms with Crippen molar-refractivity contribution >= 4 is 38.3 Å². The third-order valence-electron chi connectivity index (χ3n) is 7.61. The zero-order valence-electron chi connectivity index (χ0n) is 24.8. The maximum absolute atomic E-state index is 13.3. The van der Waals surface area contributed by atoms with Crippen molar-refractivity contribution in [2.45, 2.75) is 11.4 Å². The van der Waals surface area contributed by atoms with Gasteiger partial charge in [-0.3, -0.25) is 14.5 Å². The molecule has 3 aromatic carbocycles. The Morgan fingerprint density at radius 1 is 0.957 bits per heavy atom. The lowest BCUT2D eigenvalue weighted by atomic mass is 10.1. The molecule has 3 heterocycles. The summed E-state index contributed by atoms with van der Waals surface area (Å²) in [5.74, 6) is 0.369. The van der Waals surface area contributed by atoms with Crippen LogP contribution >= 0.6 is 0 Å². The molecule has 0 saturated carbocycles. The van der Waals surface area contributed by atoms with E-state index in [9.17, 15) is 18.0 Å². The Labute approximate surface area is 265 Å². The topological polar surface area (TPSA) is 146 Å². The van der Waals surface area contributed by atoms with Crippen LogP contribution in [0.5, 0.6) is 11.6 Å². The van der Waals surface area contributed by atoms with Gasteiger partial charge in [0.2, 0.25) is 5.88 Å². The smallest absolute Gasteiger partial charge is 0.291 e. The number of pyridine rings is 1. The minimum Gasteiger partial charge on any atom is -0.451 e. The van der Waals surface area contributed by atoms with Gasteiger partial charge in [0.05, 0.1) is 28.4 Å². The Morgan fingerprint density at radius 2 is 1.70 bits per heavy atom. The van der Waals surface area contributed by atoms with E-state index in [1.54, 1.807) is 77.7 Å². The Morgan fingerprint density at radius 3 is 2.35 bits per heavy atom. The van der Waals surface area contributed by atoms with Crippen LogP contribution in [-0.4, -0.2) is 67.5 Å². The second-order valence-electron chi connectivity index (χ2n) is 10.9. The van der Waals surface area contributed by atoms with Crippen molar-refractivity contribution in [3.8, 4) is 17.7 Å². The standard InChI is InChI=1S/C34H29N5O6S/c1-46(42,43)29-11-4-24(5-12-29)22-38-14-16-39(17-15-38)34(41)26-7-6-25-18-31(45-30(25)19-26)33(40)37-27-8-13-32(36-21-27)44-28-9-2-23(20-35)3-10-28/h2-13,18-19,21H,14-17,22H2,1H3,(H,37,40). The van der Waals surface area contributed by atoms with Gasteiger partial charge in [0.25, 0.3) is 11.8 Å². The minimum atomic E-state index is -3.23. The van der Waals surface area contributed by atoms with Crippen molar-refractivity contribution in [1.82, 2.24) is 14.8 Å². The van der Waals surface area contributed by atoms with Gasteiger partial charge < -0.3 is 19.4 Å². The maximum atomic E-state index is 13.3. The molecule has 0 atom stereocenters. The number of nitrogens with zero attached hydrogens (tertiary/aromatic N) is 4. The van der Waals surface area contributed by atoms with Gasteiger partial charge in [0.15, 0.2) is 15.6 Å². The summed E-state index contributed by atoms with van der Waals surface area (Å²) in [5, 5.41) is 12.4. The van der Waals surface area contributed by atoms with Crippen LogP contribution in [0.1, 0.15) is 32.0 Å². The monoisotopic (exact) mass is 635 g/mol. The highest BCUT2D eigenvalue weighted by Crippen LogP contribution is 2.25. The van der Waals surface area contributed by atoms with Crippen LogP contribution in [0.4, 0.5) is 5.69 Å². The van der Waals surface area contributed by atoms with Gasteiger partial charge in [-0.1, -0.05) is 18.2 Å². The average molecular weight is 636 g/mol. The molecular weight excluding hydrogens is 606 g/mol. The lowest BCUT2D eigenvalue weighted by molar-refractivity contribution is 0.0628. The summed E-state index contributed by atoms with van der Waals surface area (Å²) in [4.78, 5) is 34.7. The van der Waals surface area contributed by atoms with E-state index in [4.69, 9.17) is 14.4 Å². The van der Waals surface area contributed by atoms with Gasteiger partial charge >= 0.3 is 0 Å². The lowest BCUT2D eigenvalue weighted by Crippen LogP contribution is -2.48. The highest BCUT2D eigenvalue weighted by Gasteiger charge is 2.23. The molecule has 46 heavy (non-hydrogen) atoms. The molecular formula is C34H29N5O6S. The number of carbonyl (C=O) groups excluding carboxylic acids is 2. The third-order valence-corrected chi connectivity index (χ3v) is 8.74. The highest BCUT2D eigenvalue weighted by atomic mass is 32.2. The number of rotatable bonds is 8. The molecule has 0 unspecified atom stereocenters. The number of nitrogens with one attached hydrogen (secondary N) is 1. The summed E-state index contributed by atoms with van der Waals surface area (Å²) in [6, 6.07) is 25.6. The summed E-state index contributed by atoms with van der Waals surface area (Å²) >= 11 is 0. The first kappa shape index (κ1) is 30.5. The fourth-order valence-electron chi connectivity index (χ4n) is 5.09. The normalized spacial score (nSPS) is 13.7. The van der Waals surface area contributed by atoms with Crippen molar-refractivity contribution in [1.29, 1.82) is 5.26 Å². The maximum Gasteiger partial charge on any atom is 0.291 e. The van der Waals surface area contributed by atoms with Crippen molar-refractivity contribution in [2.75, 3.05) is 37.8 Å². The Balaban J connectivity index is 1.03. The van der Waals surface area contributed by atoms with Crippen molar-refractivity contribution in [3.63, 3.8) is 0 Å². The number of furan rings is 1. The van der Waals surface area contributed by atoms with Crippen molar-refractivity contribution < 1.29 is 27.2 Å². The summed E-state index contributed by atoms with van der Waals surface area (Å²) in [6.45, 7) is 3.14. The lowest BCUT2D eigenvalue weighted by Gasteiger charge is -2.34. The van der Waals surface area contributed by atoms with E-state index in [0.717, 1.165) is 5.56 Å². The van der Waals surface area contributed by atoms with Gasteiger partial charge in [0.1, 0.15) is 11.3 Å². The zero-order chi connectivity index (χ0) is 32.3. The summed E-state index contributed by atoms with van der Waals surface area (Å²) in [7, 11) is -3.23. The number of hydrogen-bond donors (Lipinski definition) is 1. The second-order valence-corrected chi connectivity index (χ2v) is 12.9. The van der Waals surface area contributed by atoms with E-state index < -0.39 is 15.7 Å². The number of aromatic nitrogens is 1. The first-order valence-corrected chi connectivity index (χ1v) is 16.3. The van der Waals surface area contributed by atoms with Crippen LogP contribution in [0.2, 0.25) is 0 Å². The van der Waals surface area contributed by atoms with Crippen LogP contribution in [0.25, 0.3) is 11.0 Å². The Hall–Kier alpha value is -5.51. The van der Waals surface area contributed by atoms with Crippen LogP contribution in [-0.2, 0) is 16.4 Å². The fraction of sp³-hybridized carbons (Fsp3) is 0.176. The SMILES string of the molecule is CS(=O)(=O)c1ccc(CN2CCN(C(=O)c3ccc4cc(C(=O)Nc5ccc(Oc6ccc(C#N)cc6)nc5)oc4c3)CC2)cc1. The molecule has 1 fully saturated rings. The number of hydrogen-bond acceptors (Lipinski definition) is 9. The minimum absolute atomic E-state index is 0.0932. The molecule has 2 amide bonds. The number of sulfone groups is 1. The van der Waals surface area contributed by atoms with E-state index in [1.807, 2.05) is 18.2 Å². The summed E-state index contributed by atoms with van der Waals surface area (Å²) in [6.07, 6.45) is 2.65. The van der Waals surface area contributed by atoms with E-state index in [0.29, 0.717) is 77.0 Å². The summed E-state index contributed by atoms with van der Waals surface area (Å²) < 4.78 is 34.9. The van der Waals surface area contributed by atoms with Gasteiger partial charge in [-0.2, -0.15) is 5.26 Å². The molecule has 0 aliphatic carbocycles. The zero-order valence-corrected chi connectivity index (χ0v) is 25.7. The van der Waals surface area contributed by atoms with Crippen molar-refractivity contribution in [3.05, 3.63) is 114 Å². The number of amides is 2. The van der Waals surface area contributed by atoms with E-state index in [-0.39, 0.29) is 11.7 Å². The van der Waals surface area contributed by atoms with Gasteiger partial charge in [-0.15, -0.1) is 0 Å². The Bertz CT molecular complexity index is 2040. The Kier molecular flexibility index (Phi) is 8.52. The number of benzene rings is 3. The van der Waals surface area contributed by atoms with Crippen LogP contribution in [0, 0.1) is 11.3 Å². The molecule has 11 nitrogen and oxygen atoms in total. The molecule has 5 aromatic rings. The number of carbonyl (C=O) groups is 2. The number of piperazine rings is 1. The molecule has 1 aliphatic heterocycles. The number of anilines is 1. The molecule has 1 N–H and O–H groups in total. The highest BCUT2D eigenvalue weighted by molar-refractivity contribution is 7.90. The quantitative estimate of drug-likeness (QED) is 0.246. The van der Waals surface area contributed by atoms with Gasteiger partial charge in [-0.05, 0) is 66.2 Å². The van der Waals surface area contributed by atoms with E-state index in [2.05, 4.69) is 15.2 Å². The van der Waals surface area contributed by atoms with Crippen LogP contribution < -0.4 is 10.1 Å². The van der Waals surface area contributed by atoms with Crippen LogP contribution in [0.3, 0.4) is 0 Å². The molecule has 6 rings (SSSR count). The molecule has 12 heteroatoms. The first-order valence-electron chi connectivity index (χ1n) is 14.4. The number of nitriles is 1. The average Bonchev–Trinajstić information content (AvgIpc) is 3.50.